The van der Waals surface area contributed by atoms with E-state index < -0.39 is 0 Å². The van der Waals surface area contributed by atoms with Crippen LogP contribution < -0.4 is 0 Å². The topological polar surface area (TPSA) is 49.8 Å². The Bertz CT molecular complexity index is 1120. The summed E-state index contributed by atoms with van der Waals surface area (Å²) >= 11 is 8.94. The van der Waals surface area contributed by atoms with Crippen molar-refractivity contribution in [2.45, 2.75) is 4.34 Å². The predicted molar refractivity (Wildman–Crippen MR) is 108 cm³/mol. The maximum absolute atomic E-state index is 9.46. The first-order valence-corrected chi connectivity index (χ1v) is 9.73. The van der Waals surface area contributed by atoms with E-state index in [1.165, 1.54) is 11.8 Å². The Kier molecular flexibility index (Phi) is 4.81. The predicted octanol–water partition coefficient (Wildman–Crippen LogP) is 6.87. The Labute approximate surface area is 163 Å². The van der Waals surface area contributed by atoms with Crippen molar-refractivity contribution >= 4 is 51.0 Å². The van der Waals surface area contributed by atoms with Crippen molar-refractivity contribution in [2.75, 3.05) is 0 Å². The SMILES string of the molecule is N#CC(=Cc1ccc(-c2cccc(Cl)c2)o1)Sc1nc2ccccc2s1. The number of aromatic nitrogens is 1. The zero-order valence-corrected chi connectivity index (χ0v) is 15.7. The van der Waals surface area contributed by atoms with Gasteiger partial charge in [-0.3, -0.25) is 0 Å². The summed E-state index contributed by atoms with van der Waals surface area (Å²) < 4.78 is 7.78. The molecule has 6 heteroatoms. The second-order valence-corrected chi connectivity index (χ2v) is 8.14. The normalized spacial score (nSPS) is 11.6. The third kappa shape index (κ3) is 3.68. The number of thioether (sulfide) groups is 1. The lowest BCUT2D eigenvalue weighted by atomic mass is 10.2. The molecular formula is C20H11ClN2OS2. The highest BCUT2D eigenvalue weighted by molar-refractivity contribution is 8.05. The number of hydrogen-bond donors (Lipinski definition) is 0. The number of fused-ring (bicyclic) bond motifs is 1. The van der Waals surface area contributed by atoms with Gasteiger partial charge < -0.3 is 4.42 Å². The average molecular weight is 395 g/mol. The van der Waals surface area contributed by atoms with E-state index in [-0.39, 0.29) is 0 Å². The summed E-state index contributed by atoms with van der Waals surface area (Å²) in [6.07, 6.45) is 1.73. The zero-order chi connectivity index (χ0) is 17.9. The van der Waals surface area contributed by atoms with E-state index in [1.54, 1.807) is 17.4 Å². The summed E-state index contributed by atoms with van der Waals surface area (Å²) in [5.41, 5.74) is 1.84. The third-order valence-electron chi connectivity index (χ3n) is 3.59. The van der Waals surface area contributed by atoms with Gasteiger partial charge in [0, 0.05) is 16.7 Å². The van der Waals surface area contributed by atoms with Crippen LogP contribution in [0.5, 0.6) is 0 Å². The number of hydrogen-bond acceptors (Lipinski definition) is 5. The Morgan fingerprint density at radius 2 is 2.04 bits per heavy atom. The first-order valence-electron chi connectivity index (χ1n) is 7.72. The molecule has 4 aromatic rings. The standard InChI is InChI=1S/C20H11ClN2OS2/c21-14-5-3-4-13(10-14)18-9-8-15(24-18)11-16(12-22)25-20-23-17-6-1-2-7-19(17)26-20/h1-11H. The van der Waals surface area contributed by atoms with E-state index >= 15 is 0 Å². The van der Waals surface area contributed by atoms with E-state index in [0.717, 1.165) is 20.1 Å². The van der Waals surface area contributed by atoms with Crippen LogP contribution in [-0.4, -0.2) is 4.98 Å². The second-order valence-electron chi connectivity index (χ2n) is 5.38. The Hall–Kier alpha value is -2.52. The molecule has 26 heavy (non-hydrogen) atoms. The van der Waals surface area contributed by atoms with Crippen LogP contribution >= 0.6 is 34.7 Å². The summed E-state index contributed by atoms with van der Waals surface area (Å²) in [5.74, 6) is 1.33. The first kappa shape index (κ1) is 16.9. The van der Waals surface area contributed by atoms with Crippen LogP contribution in [0.25, 0.3) is 27.6 Å². The van der Waals surface area contributed by atoms with Gasteiger partial charge in [0.1, 0.15) is 17.6 Å². The van der Waals surface area contributed by atoms with E-state index in [2.05, 4.69) is 11.1 Å². The van der Waals surface area contributed by atoms with Gasteiger partial charge in [0.2, 0.25) is 0 Å². The minimum atomic E-state index is 0.524. The largest absolute Gasteiger partial charge is 0.457 e. The molecule has 0 N–H and O–H groups in total. The number of allylic oxidation sites excluding steroid dienone is 1. The monoisotopic (exact) mass is 394 g/mol. The van der Waals surface area contributed by atoms with Gasteiger partial charge in [0.15, 0.2) is 4.34 Å². The summed E-state index contributed by atoms with van der Waals surface area (Å²) in [6, 6.07) is 21.3. The average Bonchev–Trinajstić information content (AvgIpc) is 3.27. The molecule has 0 aliphatic heterocycles. The van der Waals surface area contributed by atoms with E-state index in [0.29, 0.717) is 21.4 Å². The molecule has 0 aliphatic rings. The number of furan rings is 1. The fourth-order valence-electron chi connectivity index (χ4n) is 2.43. The fourth-order valence-corrected chi connectivity index (χ4v) is 4.58. The van der Waals surface area contributed by atoms with Gasteiger partial charge in [0.25, 0.3) is 0 Å². The van der Waals surface area contributed by atoms with Gasteiger partial charge in [-0.2, -0.15) is 5.26 Å². The lowest BCUT2D eigenvalue weighted by Gasteiger charge is -1.97. The summed E-state index contributed by atoms with van der Waals surface area (Å²) in [5, 5.41) is 10.1. The molecule has 2 heterocycles. The lowest BCUT2D eigenvalue weighted by Crippen LogP contribution is -1.74. The molecule has 0 fully saturated rings. The van der Waals surface area contributed by atoms with Gasteiger partial charge in [-0.15, -0.1) is 11.3 Å². The van der Waals surface area contributed by atoms with Crippen LogP contribution in [0.15, 0.2) is 74.3 Å². The number of rotatable bonds is 4. The maximum Gasteiger partial charge on any atom is 0.156 e. The van der Waals surface area contributed by atoms with Gasteiger partial charge in [-0.05, 0) is 48.2 Å². The summed E-state index contributed by atoms with van der Waals surface area (Å²) in [4.78, 5) is 5.07. The van der Waals surface area contributed by atoms with Crippen molar-refractivity contribution in [2.24, 2.45) is 0 Å². The number of benzene rings is 2. The van der Waals surface area contributed by atoms with Crippen LogP contribution in [0.1, 0.15) is 5.76 Å². The van der Waals surface area contributed by atoms with Gasteiger partial charge in [-0.25, -0.2) is 4.98 Å². The highest BCUT2D eigenvalue weighted by Gasteiger charge is 2.09. The van der Waals surface area contributed by atoms with E-state index in [4.69, 9.17) is 16.0 Å². The quantitative estimate of drug-likeness (QED) is 0.280. The lowest BCUT2D eigenvalue weighted by molar-refractivity contribution is 0.572. The van der Waals surface area contributed by atoms with Crippen LogP contribution in [-0.2, 0) is 0 Å². The molecule has 0 atom stereocenters. The zero-order valence-electron chi connectivity index (χ0n) is 13.3. The number of thiazole rings is 1. The molecule has 0 spiro atoms. The minimum absolute atomic E-state index is 0.524. The maximum atomic E-state index is 9.46. The molecule has 4 rings (SSSR count). The van der Waals surface area contributed by atoms with E-state index in [1.807, 2.05) is 60.7 Å². The van der Waals surface area contributed by atoms with Gasteiger partial charge >= 0.3 is 0 Å². The fraction of sp³-hybridized carbons (Fsp3) is 0. The van der Waals surface area contributed by atoms with Crippen LogP contribution in [0.3, 0.4) is 0 Å². The molecule has 0 amide bonds. The van der Waals surface area contributed by atoms with Crippen LogP contribution in [0, 0.1) is 11.3 Å². The first-order chi connectivity index (χ1) is 12.7. The molecule has 0 bridgehead atoms. The van der Waals surface area contributed by atoms with Crippen LogP contribution in [0.2, 0.25) is 5.02 Å². The Morgan fingerprint density at radius 3 is 2.85 bits per heavy atom. The van der Waals surface area contributed by atoms with Crippen molar-refractivity contribution in [3.63, 3.8) is 0 Å². The molecule has 126 valence electrons. The second kappa shape index (κ2) is 7.38. The molecule has 3 nitrogen and oxygen atoms in total. The molecular weight excluding hydrogens is 384 g/mol. The molecule has 0 saturated carbocycles. The Morgan fingerprint density at radius 1 is 1.15 bits per heavy atom. The molecule has 0 aliphatic carbocycles. The number of para-hydroxylation sites is 1. The smallest absolute Gasteiger partial charge is 0.156 e. The number of halogens is 1. The number of nitrogens with zero attached hydrogens (tertiary/aromatic N) is 2. The summed E-state index contributed by atoms with van der Waals surface area (Å²) in [7, 11) is 0. The molecule has 2 aromatic carbocycles. The molecule has 0 radical (unpaired) electrons. The molecule has 0 saturated heterocycles. The minimum Gasteiger partial charge on any atom is -0.457 e. The Balaban J connectivity index is 1.59. The van der Waals surface area contributed by atoms with E-state index in [9.17, 15) is 5.26 Å². The highest BCUT2D eigenvalue weighted by atomic mass is 35.5. The molecule has 0 unspecified atom stereocenters. The van der Waals surface area contributed by atoms with Crippen molar-refractivity contribution < 1.29 is 4.42 Å². The van der Waals surface area contributed by atoms with Crippen molar-refractivity contribution in [3.05, 3.63) is 76.4 Å². The van der Waals surface area contributed by atoms with Crippen molar-refractivity contribution in [1.29, 1.82) is 5.26 Å². The van der Waals surface area contributed by atoms with Crippen LogP contribution in [0.4, 0.5) is 0 Å². The molecule has 2 aromatic heterocycles. The van der Waals surface area contributed by atoms with Gasteiger partial charge in [0.05, 0.1) is 15.1 Å². The summed E-state index contributed by atoms with van der Waals surface area (Å²) in [6.45, 7) is 0. The van der Waals surface area contributed by atoms with Gasteiger partial charge in [-0.1, -0.05) is 35.9 Å². The van der Waals surface area contributed by atoms with Crippen molar-refractivity contribution in [3.8, 4) is 17.4 Å². The number of nitriles is 1. The van der Waals surface area contributed by atoms with Crippen molar-refractivity contribution in [1.82, 2.24) is 4.98 Å². The third-order valence-corrected chi connectivity index (χ3v) is 5.85. The highest BCUT2D eigenvalue weighted by Crippen LogP contribution is 2.35.